The summed E-state index contributed by atoms with van der Waals surface area (Å²) in [6.07, 6.45) is 9.48. The molecule has 0 saturated heterocycles. The third-order valence-corrected chi connectivity index (χ3v) is 6.73. The summed E-state index contributed by atoms with van der Waals surface area (Å²) in [5, 5.41) is 7.46. The van der Waals surface area contributed by atoms with Gasteiger partial charge >= 0.3 is 0 Å². The van der Waals surface area contributed by atoms with Gasteiger partial charge in [0.05, 0.1) is 5.69 Å². The first-order chi connectivity index (χ1) is 14.6. The molecule has 2 aliphatic carbocycles. The van der Waals surface area contributed by atoms with Gasteiger partial charge in [-0.15, -0.1) is 0 Å². The van der Waals surface area contributed by atoms with Gasteiger partial charge in [-0.1, -0.05) is 37.3 Å². The number of anilines is 2. The molecule has 0 aliphatic heterocycles. The molecule has 4 rings (SSSR count). The number of benzene rings is 1. The molecule has 1 aromatic carbocycles. The minimum absolute atomic E-state index is 0.478. The van der Waals surface area contributed by atoms with Gasteiger partial charge in [0.25, 0.3) is 0 Å². The molecule has 1 saturated carbocycles. The van der Waals surface area contributed by atoms with Crippen LogP contribution >= 0.6 is 0 Å². The first kappa shape index (κ1) is 21.1. The first-order valence-electron chi connectivity index (χ1n) is 11.7. The van der Waals surface area contributed by atoms with E-state index in [9.17, 15) is 0 Å². The molecule has 5 nitrogen and oxygen atoms in total. The Morgan fingerprint density at radius 1 is 0.967 bits per heavy atom. The van der Waals surface area contributed by atoms with E-state index in [-0.39, 0.29) is 0 Å². The number of nitrogens with zero attached hydrogens (tertiary/aromatic N) is 3. The van der Waals surface area contributed by atoms with E-state index in [0.717, 1.165) is 31.2 Å². The Morgan fingerprint density at radius 2 is 1.67 bits per heavy atom. The second kappa shape index (κ2) is 9.78. The van der Waals surface area contributed by atoms with Crippen LogP contribution in [0.15, 0.2) is 30.3 Å². The van der Waals surface area contributed by atoms with Gasteiger partial charge in [-0.3, -0.25) is 0 Å². The monoisotopic (exact) mass is 407 g/mol. The molecule has 1 aromatic heterocycles. The highest BCUT2D eigenvalue weighted by molar-refractivity contribution is 5.52. The molecule has 1 unspecified atom stereocenters. The van der Waals surface area contributed by atoms with E-state index < -0.39 is 0 Å². The van der Waals surface area contributed by atoms with Crippen molar-refractivity contribution in [2.45, 2.75) is 76.3 Å². The van der Waals surface area contributed by atoms with Gasteiger partial charge in [0.1, 0.15) is 5.82 Å². The number of hydrogen-bond donors (Lipinski definition) is 2. The summed E-state index contributed by atoms with van der Waals surface area (Å²) in [4.78, 5) is 11.9. The Bertz CT molecular complexity index is 812. The number of aromatic nitrogens is 2. The lowest BCUT2D eigenvalue weighted by Gasteiger charge is -2.31. The predicted molar refractivity (Wildman–Crippen MR) is 126 cm³/mol. The predicted octanol–water partition coefficient (Wildman–Crippen LogP) is 4.54. The molecule has 1 heterocycles. The van der Waals surface area contributed by atoms with Crippen molar-refractivity contribution in [3.8, 4) is 0 Å². The lowest BCUT2D eigenvalue weighted by atomic mass is 9.90. The minimum Gasteiger partial charge on any atom is -0.362 e. The fraction of sp³-hybridized carbons (Fsp3) is 0.600. The van der Waals surface area contributed by atoms with Crippen molar-refractivity contribution < 1.29 is 0 Å². The molecule has 0 radical (unpaired) electrons. The second-order valence-electron chi connectivity index (χ2n) is 9.31. The zero-order valence-electron chi connectivity index (χ0n) is 18.8. The van der Waals surface area contributed by atoms with Crippen molar-refractivity contribution in [3.63, 3.8) is 0 Å². The molecule has 1 atom stereocenters. The van der Waals surface area contributed by atoms with Crippen LogP contribution < -0.4 is 15.5 Å². The molecule has 1 fully saturated rings. The van der Waals surface area contributed by atoms with Gasteiger partial charge in [-0.2, -0.15) is 4.98 Å². The van der Waals surface area contributed by atoms with Crippen LogP contribution in [-0.4, -0.2) is 42.7 Å². The normalized spacial score (nSPS) is 22.2. The van der Waals surface area contributed by atoms with E-state index in [2.05, 4.69) is 66.9 Å². The summed E-state index contributed by atoms with van der Waals surface area (Å²) in [7, 11) is 4.18. The van der Waals surface area contributed by atoms with Crippen LogP contribution in [-0.2, 0) is 12.8 Å². The van der Waals surface area contributed by atoms with Crippen LogP contribution in [0.1, 0.15) is 68.2 Å². The SMILES string of the molecule is CC(CNC1CCC(Nc2nc3c(c(N(C)C)n2)CCCC3)CC1)c1ccccc1. The second-order valence-corrected chi connectivity index (χ2v) is 9.31. The van der Waals surface area contributed by atoms with Gasteiger partial charge in [0.2, 0.25) is 5.95 Å². The van der Waals surface area contributed by atoms with E-state index in [1.54, 1.807) is 0 Å². The van der Waals surface area contributed by atoms with Crippen molar-refractivity contribution in [1.82, 2.24) is 15.3 Å². The van der Waals surface area contributed by atoms with Crippen LogP contribution in [0.2, 0.25) is 0 Å². The lowest BCUT2D eigenvalue weighted by Crippen LogP contribution is -2.38. The number of rotatable bonds is 7. The number of aryl methyl sites for hydroxylation is 1. The van der Waals surface area contributed by atoms with Gasteiger partial charge < -0.3 is 15.5 Å². The Kier molecular flexibility index (Phi) is 6.88. The zero-order chi connectivity index (χ0) is 20.9. The largest absolute Gasteiger partial charge is 0.362 e. The van der Waals surface area contributed by atoms with Gasteiger partial charge in [0, 0.05) is 38.3 Å². The topological polar surface area (TPSA) is 53.1 Å². The van der Waals surface area contributed by atoms with Crippen molar-refractivity contribution in [2.75, 3.05) is 30.9 Å². The summed E-state index contributed by atoms with van der Waals surface area (Å²) < 4.78 is 0. The molecule has 162 valence electrons. The Labute approximate surface area is 181 Å². The molecule has 2 aliphatic rings. The molecule has 30 heavy (non-hydrogen) atoms. The number of hydrogen-bond acceptors (Lipinski definition) is 5. The molecule has 5 heteroatoms. The lowest BCUT2D eigenvalue weighted by molar-refractivity contribution is 0.348. The average Bonchev–Trinajstić information content (AvgIpc) is 2.78. The Morgan fingerprint density at radius 3 is 2.40 bits per heavy atom. The van der Waals surface area contributed by atoms with Crippen molar-refractivity contribution in [2.24, 2.45) is 0 Å². The molecule has 2 N–H and O–H groups in total. The Balaban J connectivity index is 1.29. The van der Waals surface area contributed by atoms with E-state index in [1.165, 1.54) is 55.3 Å². The van der Waals surface area contributed by atoms with Gasteiger partial charge in [-0.05, 0) is 62.8 Å². The van der Waals surface area contributed by atoms with Crippen molar-refractivity contribution >= 4 is 11.8 Å². The third kappa shape index (κ3) is 5.12. The number of nitrogens with one attached hydrogen (secondary N) is 2. The molecular weight excluding hydrogens is 370 g/mol. The van der Waals surface area contributed by atoms with E-state index in [1.807, 2.05) is 0 Å². The molecule has 0 spiro atoms. The highest BCUT2D eigenvalue weighted by Crippen LogP contribution is 2.29. The van der Waals surface area contributed by atoms with Crippen LogP contribution in [0.3, 0.4) is 0 Å². The molecule has 0 bridgehead atoms. The maximum atomic E-state index is 4.90. The highest BCUT2D eigenvalue weighted by atomic mass is 15.2. The minimum atomic E-state index is 0.478. The Hall–Kier alpha value is -2.14. The maximum absolute atomic E-state index is 4.90. The average molecular weight is 408 g/mol. The van der Waals surface area contributed by atoms with Crippen molar-refractivity contribution in [3.05, 3.63) is 47.2 Å². The van der Waals surface area contributed by atoms with E-state index >= 15 is 0 Å². The number of fused-ring (bicyclic) bond motifs is 1. The van der Waals surface area contributed by atoms with Crippen LogP contribution in [0.4, 0.5) is 11.8 Å². The zero-order valence-corrected chi connectivity index (χ0v) is 18.8. The highest BCUT2D eigenvalue weighted by Gasteiger charge is 2.24. The smallest absolute Gasteiger partial charge is 0.225 e. The van der Waals surface area contributed by atoms with Crippen LogP contribution in [0.25, 0.3) is 0 Å². The molecular formula is C25H37N5. The summed E-state index contributed by atoms with van der Waals surface area (Å²) in [6, 6.07) is 11.9. The fourth-order valence-corrected chi connectivity index (χ4v) is 4.88. The van der Waals surface area contributed by atoms with Gasteiger partial charge in [0.15, 0.2) is 0 Å². The molecule has 0 amide bonds. The fourth-order valence-electron chi connectivity index (χ4n) is 4.88. The van der Waals surface area contributed by atoms with E-state index in [4.69, 9.17) is 9.97 Å². The summed E-state index contributed by atoms with van der Waals surface area (Å²) in [6.45, 7) is 3.36. The quantitative estimate of drug-likeness (QED) is 0.706. The summed E-state index contributed by atoms with van der Waals surface area (Å²) in [5.74, 6) is 2.48. The van der Waals surface area contributed by atoms with E-state index in [0.29, 0.717) is 18.0 Å². The van der Waals surface area contributed by atoms with Crippen LogP contribution in [0, 0.1) is 0 Å². The third-order valence-electron chi connectivity index (χ3n) is 6.73. The molecule has 2 aromatic rings. The first-order valence-corrected chi connectivity index (χ1v) is 11.7. The van der Waals surface area contributed by atoms with Gasteiger partial charge in [-0.25, -0.2) is 4.98 Å². The standard InChI is InChI=1S/C25H37N5/c1-18(19-9-5-4-6-10-19)17-26-20-13-15-21(16-14-20)27-25-28-23-12-8-7-11-22(23)24(29-25)30(2)3/h4-6,9-10,18,20-21,26H,7-8,11-17H2,1-3H3,(H,27,28,29). The summed E-state index contributed by atoms with van der Waals surface area (Å²) in [5.41, 5.74) is 4.03. The van der Waals surface area contributed by atoms with Crippen molar-refractivity contribution in [1.29, 1.82) is 0 Å². The summed E-state index contributed by atoms with van der Waals surface area (Å²) >= 11 is 0. The maximum Gasteiger partial charge on any atom is 0.225 e. The van der Waals surface area contributed by atoms with Crippen LogP contribution in [0.5, 0.6) is 0 Å².